The van der Waals surface area contributed by atoms with Crippen molar-refractivity contribution in [2.75, 3.05) is 54.7 Å². The number of halogens is 1. The maximum atomic E-state index is 13.7. The van der Waals surface area contributed by atoms with Crippen LogP contribution in [-0.2, 0) is 62.6 Å². The van der Waals surface area contributed by atoms with Gasteiger partial charge in [-0.1, -0.05) is 176 Å². The molecule has 0 fully saturated rings. The summed E-state index contributed by atoms with van der Waals surface area (Å²) in [7, 11) is 1.18. The molecule has 3 aliphatic heterocycles. The summed E-state index contributed by atoms with van der Waals surface area (Å²) in [4.78, 5) is 90.6. The molecule has 25 heteroatoms. The van der Waals surface area contributed by atoms with Gasteiger partial charge >= 0.3 is 140 Å². The minimum absolute atomic E-state index is 0.0142. The standard InChI is InChI=1S/C40H55NO6Si.C40H53NO6Si.C13H13IO8/c2*1-29(18-16-17-25-46-48(40(5,6)7,31-19-12-10-13-20-31)32-21-14-11-15-22-32)35(42)28-34-33-27-37(45-9)36(44-8)26-30(33)23-24-41(34)38(43)47-39(2,3)4;1-8(15)19-14(20-9(2)16,21-10(3)17)12-7-5-4-6-11(12)13(18)22-14/h10-15,19-22,26-27,34-35,42H,1,16-18,23-25,28H2,2-9H3;10-15,19-22,26-27,34H,1,16-18,23-25,28H2,2-9H3;4-7H,1-3H3/t34-,35?;34-;/m11./s1. The van der Waals surface area contributed by atoms with Gasteiger partial charge in [-0.25, -0.2) is 9.59 Å². The molecule has 0 aliphatic carbocycles. The van der Waals surface area contributed by atoms with E-state index in [-0.39, 0.29) is 31.4 Å². The van der Waals surface area contributed by atoms with Crippen molar-refractivity contribution in [3.8, 4) is 23.0 Å². The first kappa shape index (κ1) is 93.8. The van der Waals surface area contributed by atoms with Crippen LogP contribution in [0, 0.1) is 3.57 Å². The minimum atomic E-state index is -6.03. The maximum absolute atomic E-state index is 13.7. The molecule has 118 heavy (non-hydrogen) atoms. The van der Waals surface area contributed by atoms with E-state index in [1.54, 1.807) is 44.3 Å². The van der Waals surface area contributed by atoms with E-state index in [2.05, 4.69) is 164 Å². The van der Waals surface area contributed by atoms with Gasteiger partial charge in [0.15, 0.2) is 28.8 Å². The predicted molar refractivity (Wildman–Crippen MR) is 471 cm³/mol. The number of aliphatic hydroxyl groups is 1. The first-order chi connectivity index (χ1) is 55.6. The number of ether oxygens (including phenoxy) is 6. The number of carbonyl (C=O) groups is 7. The summed E-state index contributed by atoms with van der Waals surface area (Å²) in [6.07, 6.45) is 4.48. The normalized spacial score (nSPS) is 16.0. The van der Waals surface area contributed by atoms with Crippen LogP contribution in [0.1, 0.15) is 200 Å². The predicted octanol–water partition coefficient (Wildman–Crippen LogP) is 17.3. The quantitative estimate of drug-likeness (QED) is 0.0150. The number of hydrogen-bond acceptors (Lipinski definition) is 20. The number of carbonyl (C=O) groups excluding carboxylic acids is 7. The van der Waals surface area contributed by atoms with Gasteiger partial charge in [-0.3, -0.25) is 4.79 Å². The van der Waals surface area contributed by atoms with E-state index in [1.807, 2.05) is 77.9 Å². The molecule has 638 valence electrons. The van der Waals surface area contributed by atoms with E-state index < -0.39 is 101 Å². The van der Waals surface area contributed by atoms with Crippen LogP contribution >= 0.6 is 18.7 Å². The summed E-state index contributed by atoms with van der Waals surface area (Å²) >= 11 is -6.03. The Labute approximate surface area is 702 Å². The molecule has 10 rings (SSSR count). The van der Waals surface area contributed by atoms with Crippen molar-refractivity contribution in [1.82, 2.24) is 9.80 Å². The first-order valence-corrected chi connectivity index (χ1v) is 48.4. The zero-order valence-corrected chi connectivity index (χ0v) is 76.3. The van der Waals surface area contributed by atoms with Crippen LogP contribution in [0.2, 0.25) is 10.1 Å². The van der Waals surface area contributed by atoms with Gasteiger partial charge in [0.05, 0.1) is 46.6 Å². The Morgan fingerprint density at radius 1 is 0.492 bits per heavy atom. The number of benzene rings is 7. The molecule has 0 spiro atoms. The van der Waals surface area contributed by atoms with Crippen molar-refractivity contribution in [3.63, 3.8) is 0 Å². The molecule has 3 atom stereocenters. The average Bonchev–Trinajstić information content (AvgIpc) is 1.53. The monoisotopic (exact) mass is 1770 g/mol. The van der Waals surface area contributed by atoms with Crippen LogP contribution in [0.5, 0.6) is 23.0 Å². The molecular weight excluding hydrogens is 1650 g/mol. The van der Waals surface area contributed by atoms with Gasteiger partial charge in [-0.15, -0.1) is 0 Å². The van der Waals surface area contributed by atoms with E-state index >= 15 is 0 Å². The van der Waals surface area contributed by atoms with E-state index in [0.29, 0.717) is 87.0 Å². The summed E-state index contributed by atoms with van der Waals surface area (Å²) in [6.45, 7) is 38.4. The number of amides is 2. The fraction of sp³-hybridized carbons (Fsp3) is 0.430. The Bertz CT molecular complexity index is 4540. The van der Waals surface area contributed by atoms with E-state index in [1.165, 1.54) is 38.9 Å². The summed E-state index contributed by atoms with van der Waals surface area (Å²) in [5.74, 6) is -1.30. The molecule has 1 N–H and O–H groups in total. The SMILES string of the molecule is C=C(CCCCO[Si](c1ccccc1)(c1ccccc1)C(C)(C)C)C(=O)C[C@@H]1c2cc(OC)c(OC)cc2CCN1C(=O)OC(C)(C)C.C=C(CCCCO[Si](c1ccccc1)(c1ccccc1)C(C)(C)C)C(O)C[C@@H]1c2cc(OC)c(OC)cc2CCN1C(=O)OC(C)(C)C.CC(=O)OI1(OC(C)=O)(OC(C)=O)OC(=O)c2ccccc21. The zero-order valence-electron chi connectivity index (χ0n) is 72.2. The number of rotatable bonds is 29. The Morgan fingerprint density at radius 3 is 1.20 bits per heavy atom. The van der Waals surface area contributed by atoms with Gasteiger partial charge in [-0.2, -0.15) is 0 Å². The number of ketones is 1. The number of methoxy groups -OCH3 is 4. The summed E-state index contributed by atoms with van der Waals surface area (Å²) < 4.78 is 68.4. The van der Waals surface area contributed by atoms with Crippen molar-refractivity contribution in [2.24, 2.45) is 0 Å². The van der Waals surface area contributed by atoms with Crippen molar-refractivity contribution >= 4 is 97.9 Å². The van der Waals surface area contributed by atoms with Gasteiger partial charge in [-0.05, 0) is 181 Å². The van der Waals surface area contributed by atoms with Gasteiger partial charge in [0.1, 0.15) is 11.2 Å². The van der Waals surface area contributed by atoms with Gasteiger partial charge in [0.25, 0.3) is 16.6 Å². The third kappa shape index (κ3) is 22.4. The molecule has 2 amide bonds. The van der Waals surface area contributed by atoms with E-state index in [0.717, 1.165) is 74.3 Å². The molecule has 0 saturated carbocycles. The number of Topliss-reactive ketones (excluding diaryl/α,β-unsaturated/α-hetero) is 1. The molecule has 22 nitrogen and oxygen atoms in total. The number of hydrogen-bond donors (Lipinski definition) is 1. The molecule has 0 aromatic heterocycles. The zero-order chi connectivity index (χ0) is 86.8. The molecule has 0 radical (unpaired) electrons. The number of fused-ring (bicyclic) bond motifs is 3. The van der Waals surface area contributed by atoms with Gasteiger partial charge < -0.3 is 52.2 Å². The molecule has 0 saturated heterocycles. The molecular formula is C93H121IN2O20Si2. The first-order valence-electron chi connectivity index (χ1n) is 40.0. The Kier molecular flexibility index (Phi) is 31.8. The molecule has 1 unspecified atom stereocenters. The van der Waals surface area contributed by atoms with Crippen LogP contribution in [-0.4, -0.2) is 145 Å². The number of aliphatic hydroxyl groups excluding tert-OH is 1. The Balaban J connectivity index is 0.000000236. The Morgan fingerprint density at radius 2 is 0.839 bits per heavy atom. The van der Waals surface area contributed by atoms with Crippen LogP contribution < -0.4 is 39.7 Å². The number of allylic oxidation sites excluding steroid dienone is 1. The fourth-order valence-corrected chi connectivity index (χ4v) is 32.3. The molecule has 3 heterocycles. The summed E-state index contributed by atoms with van der Waals surface area (Å²) in [5, 5.41) is 16.3. The van der Waals surface area contributed by atoms with Crippen molar-refractivity contribution in [1.29, 1.82) is 0 Å². The number of nitrogens with zero attached hydrogens (tertiary/aromatic N) is 2. The van der Waals surface area contributed by atoms with Crippen molar-refractivity contribution in [3.05, 3.63) is 226 Å². The van der Waals surface area contributed by atoms with E-state index in [4.69, 9.17) is 49.5 Å². The summed E-state index contributed by atoms with van der Waals surface area (Å²) in [5.41, 5.74) is 3.89. The second-order valence-corrected chi connectivity index (χ2v) is 49.0. The molecule has 7 aromatic rings. The number of unbranched alkanes of at least 4 members (excludes halogenated alkanes) is 2. The molecule has 7 aromatic carbocycles. The van der Waals surface area contributed by atoms with E-state index in [9.17, 15) is 38.7 Å². The second kappa shape index (κ2) is 39.9. The van der Waals surface area contributed by atoms with Gasteiger partial charge in [0, 0.05) is 39.1 Å². The molecule has 3 aliphatic rings. The topological polar surface area (TPSA) is 257 Å². The van der Waals surface area contributed by atoms with Crippen LogP contribution in [0.3, 0.4) is 0 Å². The van der Waals surface area contributed by atoms with Crippen molar-refractivity contribution < 1.29 is 88.2 Å². The third-order valence-corrected chi connectivity index (χ3v) is 38.8. The fourth-order valence-electron chi connectivity index (χ4n) is 15.4. The van der Waals surface area contributed by atoms with Gasteiger partial charge in [0.2, 0.25) is 0 Å². The van der Waals surface area contributed by atoms with Crippen LogP contribution in [0.15, 0.2) is 194 Å². The van der Waals surface area contributed by atoms with Crippen LogP contribution in [0.25, 0.3) is 0 Å². The van der Waals surface area contributed by atoms with Crippen molar-refractivity contribution in [2.45, 2.75) is 208 Å². The third-order valence-electron chi connectivity index (χ3n) is 20.5. The average molecular weight is 1770 g/mol. The van der Waals surface area contributed by atoms with Crippen LogP contribution in [0.4, 0.5) is 9.59 Å². The molecule has 0 bridgehead atoms. The Hall–Kier alpha value is -9.65. The second-order valence-electron chi connectivity index (χ2n) is 33.5. The summed E-state index contributed by atoms with van der Waals surface area (Å²) in [6, 6.07) is 55.2.